The number of hydrogen-bond donors (Lipinski definition) is 1. The van der Waals surface area contributed by atoms with Gasteiger partial charge >= 0.3 is 0 Å². The third-order valence-corrected chi connectivity index (χ3v) is 5.87. The molecule has 5 nitrogen and oxygen atoms in total. The van der Waals surface area contributed by atoms with E-state index in [0.717, 1.165) is 39.4 Å². The van der Waals surface area contributed by atoms with Crippen molar-refractivity contribution in [1.82, 2.24) is 19.9 Å². The van der Waals surface area contributed by atoms with Crippen LogP contribution in [-0.4, -0.2) is 27.0 Å². The van der Waals surface area contributed by atoms with Crippen LogP contribution in [0.4, 0.5) is 0 Å². The summed E-state index contributed by atoms with van der Waals surface area (Å²) in [4.78, 5) is 17.6. The Morgan fingerprint density at radius 3 is 2.29 bits per heavy atom. The van der Waals surface area contributed by atoms with Gasteiger partial charge < -0.3 is 5.32 Å². The van der Waals surface area contributed by atoms with Gasteiger partial charge in [0, 0.05) is 29.1 Å². The lowest BCUT2D eigenvalue weighted by molar-refractivity contribution is -0.120. The second-order valence-electron chi connectivity index (χ2n) is 8.12. The second-order valence-corrected chi connectivity index (χ2v) is 8.12. The monoisotopic (exact) mass is 412 g/mol. The van der Waals surface area contributed by atoms with Crippen molar-refractivity contribution >= 4 is 11.6 Å². The SMILES string of the molecule is Cc1nc2c(-c3ccccc3)c(C)nn2c(C)c1CC(=O)NC[C@H](C)c1ccccc1. The zero-order chi connectivity index (χ0) is 22.0. The summed E-state index contributed by atoms with van der Waals surface area (Å²) in [5.41, 5.74) is 7.88. The number of aryl methyl sites for hydroxylation is 3. The zero-order valence-corrected chi connectivity index (χ0v) is 18.5. The molecule has 1 N–H and O–H groups in total. The van der Waals surface area contributed by atoms with Crippen molar-refractivity contribution < 1.29 is 4.79 Å². The zero-order valence-electron chi connectivity index (χ0n) is 18.5. The Kier molecular flexibility index (Phi) is 5.85. The predicted molar refractivity (Wildman–Crippen MR) is 124 cm³/mol. The van der Waals surface area contributed by atoms with Gasteiger partial charge in [-0.1, -0.05) is 67.6 Å². The summed E-state index contributed by atoms with van der Waals surface area (Å²) in [5.74, 6) is 0.262. The Balaban J connectivity index is 1.56. The van der Waals surface area contributed by atoms with Gasteiger partial charge in [0.05, 0.1) is 12.1 Å². The maximum atomic E-state index is 12.7. The number of carbonyl (C=O) groups is 1. The van der Waals surface area contributed by atoms with Crippen LogP contribution < -0.4 is 5.32 Å². The molecule has 4 rings (SSSR count). The molecule has 4 aromatic rings. The summed E-state index contributed by atoms with van der Waals surface area (Å²) in [6.07, 6.45) is 0.293. The van der Waals surface area contributed by atoms with E-state index in [4.69, 9.17) is 10.1 Å². The Hall–Kier alpha value is -3.47. The normalized spacial score (nSPS) is 12.1. The fourth-order valence-corrected chi connectivity index (χ4v) is 4.06. The molecule has 0 fully saturated rings. The van der Waals surface area contributed by atoms with Crippen LogP contribution in [0.25, 0.3) is 16.8 Å². The molecule has 0 radical (unpaired) electrons. The first-order chi connectivity index (χ1) is 15.0. The van der Waals surface area contributed by atoms with E-state index in [0.29, 0.717) is 13.0 Å². The van der Waals surface area contributed by atoms with E-state index in [-0.39, 0.29) is 11.8 Å². The molecule has 0 aliphatic heterocycles. The lowest BCUT2D eigenvalue weighted by atomic mass is 10.0. The predicted octanol–water partition coefficient (Wildman–Crippen LogP) is 4.78. The average molecular weight is 413 g/mol. The molecule has 0 aliphatic carbocycles. The topological polar surface area (TPSA) is 59.3 Å². The van der Waals surface area contributed by atoms with Crippen LogP contribution in [-0.2, 0) is 11.2 Å². The van der Waals surface area contributed by atoms with Crippen LogP contribution >= 0.6 is 0 Å². The van der Waals surface area contributed by atoms with Gasteiger partial charge in [0.2, 0.25) is 5.91 Å². The maximum absolute atomic E-state index is 12.7. The lowest BCUT2D eigenvalue weighted by Gasteiger charge is -2.15. The van der Waals surface area contributed by atoms with Gasteiger partial charge in [0.25, 0.3) is 0 Å². The van der Waals surface area contributed by atoms with Crippen LogP contribution in [0.15, 0.2) is 60.7 Å². The molecule has 0 aliphatic rings. The summed E-state index contributed by atoms with van der Waals surface area (Å²) in [6, 6.07) is 20.4. The maximum Gasteiger partial charge on any atom is 0.224 e. The highest BCUT2D eigenvalue weighted by Crippen LogP contribution is 2.29. The van der Waals surface area contributed by atoms with Crippen molar-refractivity contribution in [1.29, 1.82) is 0 Å². The third-order valence-electron chi connectivity index (χ3n) is 5.87. The van der Waals surface area contributed by atoms with Gasteiger partial charge in [0.1, 0.15) is 0 Å². The Labute approximate surface area is 183 Å². The molecular weight excluding hydrogens is 384 g/mol. The molecule has 2 aromatic heterocycles. The summed E-state index contributed by atoms with van der Waals surface area (Å²) >= 11 is 0. The van der Waals surface area contributed by atoms with E-state index < -0.39 is 0 Å². The molecule has 0 saturated heterocycles. The molecule has 158 valence electrons. The number of rotatable bonds is 6. The van der Waals surface area contributed by atoms with Crippen molar-refractivity contribution in [2.75, 3.05) is 6.54 Å². The number of nitrogens with one attached hydrogen (secondary N) is 1. The molecule has 2 heterocycles. The smallest absolute Gasteiger partial charge is 0.224 e. The van der Waals surface area contributed by atoms with E-state index in [1.54, 1.807) is 0 Å². The molecule has 0 spiro atoms. The molecule has 0 unspecified atom stereocenters. The largest absolute Gasteiger partial charge is 0.355 e. The number of carbonyl (C=O) groups excluding carboxylic acids is 1. The van der Waals surface area contributed by atoms with Crippen LogP contribution in [0.1, 0.15) is 41.1 Å². The molecule has 0 saturated carbocycles. The number of hydrogen-bond acceptors (Lipinski definition) is 3. The number of aromatic nitrogens is 3. The fourth-order valence-electron chi connectivity index (χ4n) is 4.06. The van der Waals surface area contributed by atoms with Crippen LogP contribution in [0.2, 0.25) is 0 Å². The molecule has 2 aromatic carbocycles. The summed E-state index contributed by atoms with van der Waals surface area (Å²) in [7, 11) is 0. The quantitative estimate of drug-likeness (QED) is 0.496. The van der Waals surface area contributed by atoms with Crippen molar-refractivity contribution in [3.8, 4) is 11.1 Å². The molecule has 31 heavy (non-hydrogen) atoms. The van der Waals surface area contributed by atoms with Crippen molar-refractivity contribution in [3.63, 3.8) is 0 Å². The van der Waals surface area contributed by atoms with Gasteiger partial charge in [-0.2, -0.15) is 5.10 Å². The highest BCUT2D eigenvalue weighted by molar-refractivity contribution is 5.82. The first kappa shape index (κ1) is 20.8. The highest BCUT2D eigenvalue weighted by atomic mass is 16.1. The second kappa shape index (κ2) is 8.72. The van der Waals surface area contributed by atoms with Gasteiger partial charge in [-0.15, -0.1) is 0 Å². The van der Waals surface area contributed by atoms with E-state index in [1.807, 2.05) is 61.7 Å². The van der Waals surface area contributed by atoms with Gasteiger partial charge in [-0.25, -0.2) is 9.50 Å². The molecule has 5 heteroatoms. The lowest BCUT2D eigenvalue weighted by Crippen LogP contribution is -2.29. The van der Waals surface area contributed by atoms with Crippen LogP contribution in [0, 0.1) is 20.8 Å². The van der Waals surface area contributed by atoms with Crippen molar-refractivity contribution in [2.24, 2.45) is 0 Å². The number of nitrogens with zero attached hydrogens (tertiary/aromatic N) is 3. The third kappa shape index (κ3) is 4.22. The minimum absolute atomic E-state index is 0.00212. The minimum Gasteiger partial charge on any atom is -0.355 e. The van der Waals surface area contributed by atoms with Gasteiger partial charge in [-0.05, 0) is 37.8 Å². The van der Waals surface area contributed by atoms with Gasteiger partial charge in [-0.3, -0.25) is 4.79 Å². The molecule has 1 amide bonds. The Bertz CT molecular complexity index is 1210. The Morgan fingerprint density at radius 1 is 0.968 bits per heavy atom. The van der Waals surface area contributed by atoms with Crippen molar-refractivity contribution in [2.45, 2.75) is 40.0 Å². The first-order valence-corrected chi connectivity index (χ1v) is 10.7. The number of fused-ring (bicyclic) bond motifs is 1. The van der Waals surface area contributed by atoms with Crippen LogP contribution in [0.5, 0.6) is 0 Å². The van der Waals surface area contributed by atoms with E-state index in [2.05, 4.69) is 36.5 Å². The van der Waals surface area contributed by atoms with Crippen LogP contribution in [0.3, 0.4) is 0 Å². The number of benzene rings is 2. The average Bonchev–Trinajstić information content (AvgIpc) is 3.12. The van der Waals surface area contributed by atoms with E-state index >= 15 is 0 Å². The first-order valence-electron chi connectivity index (χ1n) is 10.7. The minimum atomic E-state index is 0.00212. The summed E-state index contributed by atoms with van der Waals surface area (Å²) < 4.78 is 1.87. The molecular formula is C26H28N4O. The van der Waals surface area contributed by atoms with E-state index in [1.165, 1.54) is 5.56 Å². The van der Waals surface area contributed by atoms with Crippen molar-refractivity contribution in [3.05, 3.63) is 88.9 Å². The highest BCUT2D eigenvalue weighted by Gasteiger charge is 2.19. The standard InChI is InChI=1S/C26H28N4O/c1-17(21-11-7-5-8-12-21)16-27-24(31)15-23-18(2)28-26-25(22-13-9-6-10-14-22)19(3)29-30(26)20(23)4/h5-14,17H,15-16H2,1-4H3,(H,27,31)/t17-/m0/s1. The van der Waals surface area contributed by atoms with Gasteiger partial charge in [0.15, 0.2) is 5.65 Å². The summed E-state index contributed by atoms with van der Waals surface area (Å²) in [6.45, 7) is 8.72. The molecule has 1 atom stereocenters. The number of amides is 1. The molecule has 0 bridgehead atoms. The Morgan fingerprint density at radius 2 is 1.61 bits per heavy atom. The van der Waals surface area contributed by atoms with E-state index in [9.17, 15) is 4.79 Å². The fraction of sp³-hybridized carbons (Fsp3) is 0.269. The summed E-state index contributed by atoms with van der Waals surface area (Å²) in [5, 5.41) is 7.81.